The molecule has 0 radical (unpaired) electrons. The number of nitrogens with zero attached hydrogens (tertiary/aromatic N) is 1. The van der Waals surface area contributed by atoms with Crippen LogP contribution >= 0.6 is 15.9 Å². The Labute approximate surface area is 186 Å². The molecular formula is C21H26BrN3O4S. The van der Waals surface area contributed by atoms with Crippen molar-refractivity contribution in [2.75, 3.05) is 7.11 Å². The van der Waals surface area contributed by atoms with Gasteiger partial charge in [0, 0.05) is 10.0 Å². The van der Waals surface area contributed by atoms with Crippen LogP contribution in [-0.2, 0) is 14.8 Å². The van der Waals surface area contributed by atoms with Gasteiger partial charge >= 0.3 is 0 Å². The summed E-state index contributed by atoms with van der Waals surface area (Å²) in [6.07, 6.45) is 1.77. The molecule has 0 bridgehead atoms. The van der Waals surface area contributed by atoms with Gasteiger partial charge in [0.15, 0.2) is 0 Å². The molecule has 162 valence electrons. The van der Waals surface area contributed by atoms with Crippen LogP contribution in [0.4, 0.5) is 0 Å². The average molecular weight is 496 g/mol. The first-order valence-electron chi connectivity index (χ1n) is 9.38. The van der Waals surface area contributed by atoms with Crippen molar-refractivity contribution in [2.24, 2.45) is 11.0 Å². The third-order valence-corrected chi connectivity index (χ3v) is 6.20. The smallest absolute Gasteiger partial charge is 0.258 e. The van der Waals surface area contributed by atoms with Crippen LogP contribution in [0, 0.1) is 12.8 Å². The molecule has 0 fully saturated rings. The molecule has 0 heterocycles. The van der Waals surface area contributed by atoms with Crippen molar-refractivity contribution in [1.29, 1.82) is 0 Å². The number of benzene rings is 2. The molecule has 9 heteroatoms. The molecule has 0 aliphatic rings. The second-order valence-electron chi connectivity index (χ2n) is 7.24. The van der Waals surface area contributed by atoms with Crippen LogP contribution in [-0.4, -0.2) is 33.7 Å². The number of ether oxygens (including phenoxy) is 1. The third kappa shape index (κ3) is 6.93. The average Bonchev–Trinajstić information content (AvgIpc) is 2.67. The van der Waals surface area contributed by atoms with Gasteiger partial charge in [0.25, 0.3) is 5.91 Å². The van der Waals surface area contributed by atoms with Crippen LogP contribution < -0.4 is 14.9 Å². The minimum atomic E-state index is -3.85. The van der Waals surface area contributed by atoms with Crippen LogP contribution in [0.2, 0.25) is 0 Å². The molecule has 7 nitrogen and oxygen atoms in total. The molecule has 0 aliphatic carbocycles. The lowest BCUT2D eigenvalue weighted by Gasteiger charge is -2.19. The van der Waals surface area contributed by atoms with Gasteiger partial charge < -0.3 is 4.74 Å². The zero-order chi connectivity index (χ0) is 22.3. The number of methoxy groups -OCH3 is 1. The van der Waals surface area contributed by atoms with E-state index in [0.29, 0.717) is 17.7 Å². The fourth-order valence-electron chi connectivity index (χ4n) is 2.70. The van der Waals surface area contributed by atoms with E-state index in [1.165, 1.54) is 25.5 Å². The Kier molecular flexibility index (Phi) is 8.57. The normalized spacial score (nSPS) is 12.9. The molecule has 0 saturated carbocycles. The van der Waals surface area contributed by atoms with Gasteiger partial charge in [-0.25, -0.2) is 13.8 Å². The number of aryl methyl sites for hydroxylation is 1. The Morgan fingerprint density at radius 2 is 1.87 bits per heavy atom. The maximum atomic E-state index is 12.7. The van der Waals surface area contributed by atoms with Crippen molar-refractivity contribution in [3.05, 3.63) is 58.1 Å². The molecule has 0 spiro atoms. The molecule has 1 atom stereocenters. The summed E-state index contributed by atoms with van der Waals surface area (Å²) in [7, 11) is -2.31. The maximum Gasteiger partial charge on any atom is 0.258 e. The summed E-state index contributed by atoms with van der Waals surface area (Å²) in [5.41, 5.74) is 4.03. The van der Waals surface area contributed by atoms with E-state index in [1.54, 1.807) is 24.3 Å². The van der Waals surface area contributed by atoms with E-state index in [1.807, 2.05) is 26.8 Å². The zero-order valence-electron chi connectivity index (χ0n) is 17.3. The topological polar surface area (TPSA) is 96.9 Å². The molecule has 0 unspecified atom stereocenters. The Bertz CT molecular complexity index is 1010. The van der Waals surface area contributed by atoms with Crippen LogP contribution in [0.3, 0.4) is 0 Å². The Hall–Kier alpha value is -2.23. The molecule has 2 rings (SSSR count). The molecule has 2 aromatic carbocycles. The summed E-state index contributed by atoms with van der Waals surface area (Å²) in [4.78, 5) is 12.8. The number of hydrogen-bond acceptors (Lipinski definition) is 5. The van der Waals surface area contributed by atoms with Gasteiger partial charge in [-0.15, -0.1) is 0 Å². The number of nitrogens with one attached hydrogen (secondary N) is 2. The molecule has 2 aromatic rings. The number of sulfonamides is 1. The van der Waals surface area contributed by atoms with Crippen LogP contribution in [0.5, 0.6) is 5.75 Å². The Morgan fingerprint density at radius 3 is 2.47 bits per heavy atom. The predicted molar refractivity (Wildman–Crippen MR) is 121 cm³/mol. The van der Waals surface area contributed by atoms with Crippen molar-refractivity contribution in [2.45, 2.75) is 38.1 Å². The minimum absolute atomic E-state index is 0.0932. The summed E-state index contributed by atoms with van der Waals surface area (Å²) in [5, 5.41) is 3.97. The highest BCUT2D eigenvalue weighted by atomic mass is 79.9. The zero-order valence-corrected chi connectivity index (χ0v) is 19.7. The molecule has 1 amide bonds. The maximum absolute atomic E-state index is 12.7. The van der Waals surface area contributed by atoms with E-state index in [4.69, 9.17) is 4.74 Å². The van der Waals surface area contributed by atoms with Gasteiger partial charge in [0.05, 0.1) is 18.2 Å². The lowest BCUT2D eigenvalue weighted by Crippen LogP contribution is -2.46. The van der Waals surface area contributed by atoms with E-state index in [-0.39, 0.29) is 10.8 Å². The molecule has 0 aliphatic heterocycles. The largest absolute Gasteiger partial charge is 0.496 e. The highest BCUT2D eigenvalue weighted by molar-refractivity contribution is 9.10. The minimum Gasteiger partial charge on any atom is -0.496 e. The summed E-state index contributed by atoms with van der Waals surface area (Å²) in [6.45, 7) is 5.70. The predicted octanol–water partition coefficient (Wildman–Crippen LogP) is 3.61. The highest BCUT2D eigenvalue weighted by Crippen LogP contribution is 2.21. The molecule has 0 aromatic heterocycles. The fourth-order valence-corrected chi connectivity index (χ4v) is 4.29. The quantitative estimate of drug-likeness (QED) is 0.410. The van der Waals surface area contributed by atoms with Crippen molar-refractivity contribution in [3.63, 3.8) is 0 Å². The Balaban J connectivity index is 2.15. The first-order valence-corrected chi connectivity index (χ1v) is 11.7. The van der Waals surface area contributed by atoms with E-state index >= 15 is 0 Å². The van der Waals surface area contributed by atoms with Crippen LogP contribution in [0.15, 0.2) is 56.9 Å². The van der Waals surface area contributed by atoms with E-state index in [9.17, 15) is 13.2 Å². The van der Waals surface area contributed by atoms with Crippen molar-refractivity contribution in [1.82, 2.24) is 10.1 Å². The molecular weight excluding hydrogens is 470 g/mol. The number of carbonyl (C=O) groups excluding carboxylic acids is 1. The third-order valence-electron chi connectivity index (χ3n) is 4.22. The Morgan fingerprint density at radius 1 is 1.20 bits per heavy atom. The number of carbonyl (C=O) groups is 1. The summed E-state index contributed by atoms with van der Waals surface area (Å²) in [5.74, 6) is 0.148. The standard InChI is InChI=1S/C21H26BrN3O4S/c1-14(2)11-19(25-30(27,28)18-8-5-15(3)6-9-18)21(26)24-23-13-16-12-17(22)7-10-20(16)29-4/h5-10,12-14,19,25H,11H2,1-4H3,(H,24,26)/b23-13-/t19-/m1/s1. The van der Waals surface area contributed by atoms with Crippen LogP contribution in [0.1, 0.15) is 31.4 Å². The van der Waals surface area contributed by atoms with Gasteiger partial charge in [0.1, 0.15) is 11.8 Å². The second kappa shape index (κ2) is 10.7. The number of halogens is 1. The van der Waals surface area contributed by atoms with E-state index in [0.717, 1.165) is 10.0 Å². The van der Waals surface area contributed by atoms with Crippen LogP contribution in [0.25, 0.3) is 0 Å². The monoisotopic (exact) mass is 495 g/mol. The number of hydrogen-bond donors (Lipinski definition) is 2. The van der Waals surface area contributed by atoms with Gasteiger partial charge in [0.2, 0.25) is 10.0 Å². The number of rotatable bonds is 9. The molecule has 30 heavy (non-hydrogen) atoms. The summed E-state index contributed by atoms with van der Waals surface area (Å²) >= 11 is 3.38. The summed E-state index contributed by atoms with van der Waals surface area (Å²) in [6, 6.07) is 10.9. The molecule has 2 N–H and O–H groups in total. The lowest BCUT2D eigenvalue weighted by molar-refractivity contribution is -0.123. The second-order valence-corrected chi connectivity index (χ2v) is 9.87. The van der Waals surface area contributed by atoms with E-state index < -0.39 is 22.0 Å². The number of hydrazone groups is 1. The van der Waals surface area contributed by atoms with Gasteiger partial charge in [-0.05, 0) is 49.6 Å². The lowest BCUT2D eigenvalue weighted by atomic mass is 10.0. The van der Waals surface area contributed by atoms with Gasteiger partial charge in [-0.3, -0.25) is 4.79 Å². The highest BCUT2D eigenvalue weighted by Gasteiger charge is 2.26. The first-order chi connectivity index (χ1) is 14.1. The van der Waals surface area contributed by atoms with Crippen molar-refractivity contribution in [3.8, 4) is 5.75 Å². The SMILES string of the molecule is COc1ccc(Br)cc1/C=N\NC(=O)[C@@H](CC(C)C)NS(=O)(=O)c1ccc(C)cc1. The van der Waals surface area contributed by atoms with Gasteiger partial charge in [-0.2, -0.15) is 9.82 Å². The van der Waals surface area contributed by atoms with Crippen molar-refractivity contribution >= 4 is 38.1 Å². The number of amides is 1. The van der Waals surface area contributed by atoms with E-state index in [2.05, 4.69) is 31.2 Å². The fraction of sp³-hybridized carbons (Fsp3) is 0.333. The van der Waals surface area contributed by atoms with Gasteiger partial charge in [-0.1, -0.05) is 47.5 Å². The molecule has 0 saturated heterocycles. The van der Waals surface area contributed by atoms with Crippen molar-refractivity contribution < 1.29 is 17.9 Å². The first kappa shape index (κ1) is 24.0. The summed E-state index contributed by atoms with van der Waals surface area (Å²) < 4.78 is 34.0.